The lowest BCUT2D eigenvalue weighted by molar-refractivity contribution is -0.148. The molecule has 1 amide bonds. The zero-order valence-corrected chi connectivity index (χ0v) is 13.1. The molecule has 0 aromatic rings. The summed E-state index contributed by atoms with van der Waals surface area (Å²) >= 11 is 0. The third kappa shape index (κ3) is 3.72. The second-order valence-electron chi connectivity index (χ2n) is 6.67. The van der Waals surface area contributed by atoms with Gasteiger partial charge in [-0.25, -0.2) is 0 Å². The van der Waals surface area contributed by atoms with E-state index in [0.717, 1.165) is 25.9 Å². The molecule has 0 aliphatic carbocycles. The van der Waals surface area contributed by atoms with Crippen molar-refractivity contribution in [2.75, 3.05) is 19.6 Å². The van der Waals surface area contributed by atoms with Crippen LogP contribution >= 0.6 is 0 Å². The Morgan fingerprint density at radius 2 is 2.00 bits per heavy atom. The third-order valence-corrected chi connectivity index (χ3v) is 4.84. The maximum atomic E-state index is 12.4. The number of carboxylic acids is 1. The average Bonchev–Trinajstić information content (AvgIpc) is 2.44. The van der Waals surface area contributed by atoms with Gasteiger partial charge in [-0.2, -0.15) is 0 Å². The molecule has 0 saturated carbocycles. The lowest BCUT2D eigenvalue weighted by Gasteiger charge is -2.36. The summed E-state index contributed by atoms with van der Waals surface area (Å²) in [4.78, 5) is 23.7. The van der Waals surface area contributed by atoms with E-state index in [1.54, 1.807) is 6.92 Å². The van der Waals surface area contributed by atoms with E-state index in [1.807, 2.05) is 20.8 Å². The normalized spacial score (nSPS) is 22.9. The summed E-state index contributed by atoms with van der Waals surface area (Å²) in [6, 6.07) is 0. The number of carbonyl (C=O) groups is 2. The van der Waals surface area contributed by atoms with E-state index in [2.05, 4.69) is 10.6 Å². The van der Waals surface area contributed by atoms with Crippen LogP contribution in [0.25, 0.3) is 0 Å². The molecule has 1 saturated heterocycles. The summed E-state index contributed by atoms with van der Waals surface area (Å²) in [5.41, 5.74) is -1.36. The Labute approximate surface area is 121 Å². The lowest BCUT2D eigenvalue weighted by atomic mass is 9.74. The van der Waals surface area contributed by atoms with Crippen LogP contribution in [0.5, 0.6) is 0 Å². The van der Waals surface area contributed by atoms with Crippen LogP contribution in [0.4, 0.5) is 0 Å². The van der Waals surface area contributed by atoms with Crippen LogP contribution in [0.15, 0.2) is 0 Å². The van der Waals surface area contributed by atoms with Crippen molar-refractivity contribution in [3.63, 3.8) is 0 Å². The smallest absolute Gasteiger partial charge is 0.311 e. The van der Waals surface area contributed by atoms with Crippen molar-refractivity contribution in [3.05, 3.63) is 0 Å². The van der Waals surface area contributed by atoms with E-state index < -0.39 is 16.8 Å². The highest BCUT2D eigenvalue weighted by atomic mass is 16.4. The van der Waals surface area contributed by atoms with Gasteiger partial charge in [-0.15, -0.1) is 0 Å². The minimum absolute atomic E-state index is 0.0490. The number of rotatable bonds is 6. The number of nitrogens with one attached hydrogen (secondary N) is 2. The van der Waals surface area contributed by atoms with Crippen LogP contribution in [0.3, 0.4) is 0 Å². The molecule has 116 valence electrons. The van der Waals surface area contributed by atoms with E-state index in [9.17, 15) is 14.7 Å². The molecule has 1 aliphatic heterocycles. The molecule has 3 N–H and O–H groups in total. The van der Waals surface area contributed by atoms with E-state index in [1.165, 1.54) is 0 Å². The Morgan fingerprint density at radius 3 is 2.45 bits per heavy atom. The third-order valence-electron chi connectivity index (χ3n) is 4.84. The van der Waals surface area contributed by atoms with Crippen LogP contribution in [0.1, 0.15) is 47.0 Å². The highest BCUT2D eigenvalue weighted by Crippen LogP contribution is 2.32. The maximum Gasteiger partial charge on any atom is 0.311 e. The van der Waals surface area contributed by atoms with Gasteiger partial charge in [-0.1, -0.05) is 20.8 Å². The molecule has 20 heavy (non-hydrogen) atoms. The molecule has 2 atom stereocenters. The quantitative estimate of drug-likeness (QED) is 0.692. The molecule has 5 nitrogen and oxygen atoms in total. The molecule has 0 aromatic carbocycles. The Balaban J connectivity index is 2.62. The topological polar surface area (TPSA) is 78.4 Å². The van der Waals surface area contributed by atoms with Gasteiger partial charge >= 0.3 is 5.97 Å². The van der Waals surface area contributed by atoms with Crippen LogP contribution in [0, 0.1) is 16.7 Å². The number of carboxylic acid groups (broad SMARTS) is 1. The molecular formula is C15H28N2O3. The number of piperidine rings is 1. The summed E-state index contributed by atoms with van der Waals surface area (Å²) in [6.45, 7) is 9.45. The monoisotopic (exact) mass is 284 g/mol. The predicted molar refractivity (Wildman–Crippen MR) is 78.4 cm³/mol. The summed E-state index contributed by atoms with van der Waals surface area (Å²) in [5.74, 6) is -0.612. The van der Waals surface area contributed by atoms with Gasteiger partial charge in [0.15, 0.2) is 0 Å². The van der Waals surface area contributed by atoms with Gasteiger partial charge in [0.25, 0.3) is 0 Å². The molecule has 1 fully saturated rings. The summed E-state index contributed by atoms with van der Waals surface area (Å²) in [5, 5.41) is 15.4. The number of carbonyl (C=O) groups excluding carboxylic acids is 1. The Bertz CT molecular complexity index is 362. The molecule has 2 unspecified atom stereocenters. The Kier molecular flexibility index (Phi) is 5.57. The van der Waals surface area contributed by atoms with Crippen molar-refractivity contribution in [2.45, 2.75) is 47.0 Å². The first-order valence-electron chi connectivity index (χ1n) is 7.46. The standard InChI is InChI=1S/C15H28N2O3/c1-5-15(4,13(19)20)10-17-12(18)14(2,3)11-7-6-8-16-9-11/h11,16H,5-10H2,1-4H3,(H,17,18)(H,19,20). The number of amides is 1. The molecule has 1 aliphatic rings. The first-order chi connectivity index (χ1) is 9.24. The molecule has 0 radical (unpaired) electrons. The highest BCUT2D eigenvalue weighted by molar-refractivity contribution is 5.83. The van der Waals surface area contributed by atoms with Crippen molar-refractivity contribution in [3.8, 4) is 0 Å². The minimum Gasteiger partial charge on any atom is -0.481 e. The molecular weight excluding hydrogens is 256 g/mol. The van der Waals surface area contributed by atoms with Crippen LogP contribution in [-0.2, 0) is 9.59 Å². The van der Waals surface area contributed by atoms with Gasteiger partial charge in [0, 0.05) is 12.0 Å². The largest absolute Gasteiger partial charge is 0.481 e. The second kappa shape index (κ2) is 6.57. The fourth-order valence-corrected chi connectivity index (χ4v) is 2.51. The van der Waals surface area contributed by atoms with Gasteiger partial charge in [-0.05, 0) is 45.2 Å². The Morgan fingerprint density at radius 1 is 1.35 bits per heavy atom. The predicted octanol–water partition coefficient (Wildman–Crippen LogP) is 1.63. The van der Waals surface area contributed by atoms with Gasteiger partial charge in [-0.3, -0.25) is 9.59 Å². The first-order valence-corrected chi connectivity index (χ1v) is 7.46. The molecule has 0 bridgehead atoms. The van der Waals surface area contributed by atoms with Crippen LogP contribution in [-0.4, -0.2) is 36.6 Å². The minimum atomic E-state index is -0.892. The van der Waals surface area contributed by atoms with E-state index in [4.69, 9.17) is 0 Å². The molecule has 0 spiro atoms. The van der Waals surface area contributed by atoms with Crippen molar-refractivity contribution >= 4 is 11.9 Å². The van der Waals surface area contributed by atoms with E-state index in [0.29, 0.717) is 12.3 Å². The summed E-state index contributed by atoms with van der Waals surface area (Å²) in [7, 11) is 0. The molecule has 1 heterocycles. The van der Waals surface area contributed by atoms with Gasteiger partial charge in [0.05, 0.1) is 5.41 Å². The molecule has 0 aromatic heterocycles. The lowest BCUT2D eigenvalue weighted by Crippen LogP contribution is -2.50. The number of hydrogen-bond acceptors (Lipinski definition) is 3. The summed E-state index contributed by atoms with van der Waals surface area (Å²) in [6.07, 6.45) is 2.62. The average molecular weight is 284 g/mol. The van der Waals surface area contributed by atoms with Gasteiger partial charge in [0.1, 0.15) is 0 Å². The van der Waals surface area contributed by atoms with Gasteiger partial charge in [0.2, 0.25) is 5.91 Å². The number of aliphatic carboxylic acids is 1. The van der Waals surface area contributed by atoms with Gasteiger partial charge < -0.3 is 15.7 Å². The van der Waals surface area contributed by atoms with Crippen molar-refractivity contribution in [2.24, 2.45) is 16.7 Å². The second-order valence-corrected chi connectivity index (χ2v) is 6.67. The Hall–Kier alpha value is -1.10. The fraction of sp³-hybridized carbons (Fsp3) is 0.867. The zero-order valence-electron chi connectivity index (χ0n) is 13.1. The van der Waals surface area contributed by atoms with E-state index >= 15 is 0 Å². The maximum absolute atomic E-state index is 12.4. The zero-order chi connectivity index (χ0) is 15.4. The highest BCUT2D eigenvalue weighted by Gasteiger charge is 2.39. The number of hydrogen-bond donors (Lipinski definition) is 3. The SMILES string of the molecule is CCC(C)(CNC(=O)C(C)(C)C1CCCNC1)C(=O)O. The van der Waals surface area contributed by atoms with Crippen molar-refractivity contribution in [1.29, 1.82) is 0 Å². The molecule has 5 heteroatoms. The molecule has 1 rings (SSSR count). The van der Waals surface area contributed by atoms with Crippen molar-refractivity contribution < 1.29 is 14.7 Å². The van der Waals surface area contributed by atoms with Crippen molar-refractivity contribution in [1.82, 2.24) is 10.6 Å². The van der Waals surface area contributed by atoms with E-state index in [-0.39, 0.29) is 12.5 Å². The van der Waals surface area contributed by atoms with Crippen LogP contribution < -0.4 is 10.6 Å². The fourth-order valence-electron chi connectivity index (χ4n) is 2.51. The first kappa shape index (κ1) is 17.0. The summed E-state index contributed by atoms with van der Waals surface area (Å²) < 4.78 is 0. The van der Waals surface area contributed by atoms with Crippen LogP contribution in [0.2, 0.25) is 0 Å².